The Bertz CT molecular complexity index is 1570. The number of allylic oxidation sites excluding steroid dienone is 4. The molecule has 11 aliphatic rings. The number of nitriles is 1. The lowest BCUT2D eigenvalue weighted by atomic mass is 9.45. The van der Waals surface area contributed by atoms with Crippen molar-refractivity contribution in [3.63, 3.8) is 0 Å². The summed E-state index contributed by atoms with van der Waals surface area (Å²) in [6.07, 6.45) is 49.2. The van der Waals surface area contributed by atoms with E-state index >= 15 is 0 Å². The van der Waals surface area contributed by atoms with Crippen LogP contribution in [0.25, 0.3) is 0 Å². The van der Waals surface area contributed by atoms with Gasteiger partial charge in [0.05, 0.1) is 42.7 Å². The molecule has 0 amide bonds. The fourth-order valence-electron chi connectivity index (χ4n) is 18.2. The Labute approximate surface area is 347 Å². The third kappa shape index (κ3) is 6.56. The van der Waals surface area contributed by atoms with Gasteiger partial charge in [-0.05, 0) is 198 Å². The fourth-order valence-corrected chi connectivity index (χ4v) is 18.2. The molecule has 312 valence electrons. The molecule has 2 aliphatic heterocycles. The Morgan fingerprint density at radius 1 is 0.684 bits per heavy atom. The monoisotopic (exact) mass is 775 g/mol. The van der Waals surface area contributed by atoms with Crippen molar-refractivity contribution in [2.45, 2.75) is 191 Å². The first-order chi connectivity index (χ1) is 28.1. The maximum atomic E-state index is 10.4. The minimum Gasteiger partial charge on any atom is -0.370 e. The summed E-state index contributed by atoms with van der Waals surface area (Å²) >= 11 is 0. The lowest BCUT2D eigenvalue weighted by Gasteiger charge is -2.64. The van der Waals surface area contributed by atoms with E-state index in [4.69, 9.17) is 4.74 Å². The van der Waals surface area contributed by atoms with Crippen LogP contribution in [-0.4, -0.2) is 42.7 Å². The molecule has 0 bridgehead atoms. The summed E-state index contributed by atoms with van der Waals surface area (Å²) in [7, 11) is 2.43. The molecule has 9 aliphatic carbocycles. The van der Waals surface area contributed by atoms with Crippen molar-refractivity contribution in [1.82, 2.24) is 15.5 Å². The molecular weight excluding hydrogens is 697 g/mol. The van der Waals surface area contributed by atoms with Gasteiger partial charge in [-0.1, -0.05) is 81.7 Å². The third-order valence-electron chi connectivity index (χ3n) is 20.2. The van der Waals surface area contributed by atoms with Crippen molar-refractivity contribution in [1.29, 1.82) is 5.26 Å². The van der Waals surface area contributed by atoms with Crippen LogP contribution < -0.4 is 10.6 Å². The number of likely N-dealkylation sites (N-methyl/N-ethyl adjacent to an activating group) is 1. The van der Waals surface area contributed by atoms with Gasteiger partial charge >= 0.3 is 0 Å². The number of nitrogens with one attached hydrogen (secondary N) is 2. The van der Waals surface area contributed by atoms with Crippen LogP contribution in [0.15, 0.2) is 36.0 Å². The molecule has 18 atom stereocenters. The normalized spacial score (nSPS) is 51.4. The molecule has 6 saturated carbocycles. The zero-order valence-electron chi connectivity index (χ0n) is 35.8. The highest BCUT2D eigenvalue weighted by molar-refractivity contribution is 5.24. The summed E-state index contributed by atoms with van der Waals surface area (Å²) in [4.78, 5) is 2.72. The first-order valence-corrected chi connectivity index (χ1v) is 25.4. The van der Waals surface area contributed by atoms with Crippen molar-refractivity contribution in [2.75, 3.05) is 7.05 Å². The highest BCUT2D eigenvalue weighted by atomic mass is 16.5. The summed E-state index contributed by atoms with van der Waals surface area (Å²) in [5.74, 6) is 9.73. The van der Waals surface area contributed by atoms with E-state index in [1.807, 2.05) is 0 Å². The molecule has 18 unspecified atom stereocenters. The second-order valence-electron chi connectivity index (χ2n) is 22.4. The van der Waals surface area contributed by atoms with Gasteiger partial charge in [-0.15, -0.1) is 0 Å². The van der Waals surface area contributed by atoms with Gasteiger partial charge in [0.2, 0.25) is 0 Å². The fraction of sp³-hybridized carbons (Fsp3) is 0.865. The van der Waals surface area contributed by atoms with E-state index in [0.717, 1.165) is 53.8 Å². The average molecular weight is 775 g/mol. The lowest BCUT2D eigenvalue weighted by Crippen LogP contribution is -2.71. The highest BCUT2D eigenvalue weighted by Gasteiger charge is 2.72. The molecule has 2 heterocycles. The minimum absolute atomic E-state index is 0.0667. The largest absolute Gasteiger partial charge is 0.370 e. The van der Waals surface area contributed by atoms with Crippen LogP contribution in [0.1, 0.15) is 161 Å². The predicted molar refractivity (Wildman–Crippen MR) is 229 cm³/mol. The van der Waals surface area contributed by atoms with Gasteiger partial charge in [-0.3, -0.25) is 15.5 Å². The standard InChI is InChI=1S/C52H78N4O/c1-56-50(35-14-4-2-5-15-35)54-49(55-51(56)36-16-6-3-7-17-36)39-19-12-18-37(30-39)38-25-28-47-45(31-38)52(44-29-33(32-53)23-27-46(44)57-47)42-22-11-10-21-41(42)48-40-20-9-8-13-34(40)24-26-43(48)52/h12,14,18,23,27,33-34,36-51,54-55H,2-11,13,15-17,19-22,24-26,28-31H2,1H3. The molecule has 11 rings (SSSR count). The molecule has 5 heteroatoms. The summed E-state index contributed by atoms with van der Waals surface area (Å²) in [6.45, 7) is 0. The number of ether oxygens (including phenoxy) is 1. The molecule has 2 saturated heterocycles. The maximum absolute atomic E-state index is 10.4. The second-order valence-corrected chi connectivity index (χ2v) is 22.4. The second kappa shape index (κ2) is 16.1. The maximum Gasteiger partial charge on any atom is 0.0841 e. The van der Waals surface area contributed by atoms with Gasteiger partial charge in [0, 0.05) is 0 Å². The Hall–Kier alpha value is -1.45. The van der Waals surface area contributed by atoms with Crippen molar-refractivity contribution >= 4 is 0 Å². The Morgan fingerprint density at radius 3 is 2.35 bits per heavy atom. The van der Waals surface area contributed by atoms with Crippen LogP contribution >= 0.6 is 0 Å². The SMILES string of the molecule is CN1C(C2=CCCCC2)NC(C2CC=CC(C3CCC4OC5C=CC(C#N)CC5C5(C4C3)C3CCCCC3C3C4CCCCC4CCC35)C2)NC1C1CCCCC1. The van der Waals surface area contributed by atoms with Gasteiger partial charge in [-0.2, -0.15) is 5.26 Å². The zero-order valence-corrected chi connectivity index (χ0v) is 35.8. The topological polar surface area (TPSA) is 60.3 Å². The Balaban J connectivity index is 0.894. The molecular formula is C52H78N4O. The van der Waals surface area contributed by atoms with Crippen LogP contribution in [0.3, 0.4) is 0 Å². The van der Waals surface area contributed by atoms with E-state index in [2.05, 4.69) is 59.0 Å². The third-order valence-corrected chi connectivity index (χ3v) is 20.2. The summed E-state index contributed by atoms with van der Waals surface area (Å²) in [5.41, 5.74) is 2.04. The van der Waals surface area contributed by atoms with E-state index in [-0.39, 0.29) is 12.0 Å². The summed E-state index contributed by atoms with van der Waals surface area (Å²) in [6, 6.07) is 2.78. The lowest BCUT2D eigenvalue weighted by molar-refractivity contribution is -0.233. The molecule has 57 heavy (non-hydrogen) atoms. The van der Waals surface area contributed by atoms with E-state index in [1.165, 1.54) is 154 Å². The van der Waals surface area contributed by atoms with Crippen molar-refractivity contribution in [3.05, 3.63) is 36.0 Å². The van der Waals surface area contributed by atoms with Crippen molar-refractivity contribution in [2.24, 2.45) is 82.3 Å². The number of rotatable bonds is 4. The molecule has 8 fully saturated rings. The van der Waals surface area contributed by atoms with Gasteiger partial charge in [0.25, 0.3) is 0 Å². The number of fused-ring (bicyclic) bond motifs is 11. The predicted octanol–water partition coefficient (Wildman–Crippen LogP) is 11.3. The Morgan fingerprint density at radius 2 is 1.49 bits per heavy atom. The van der Waals surface area contributed by atoms with Crippen LogP contribution in [-0.2, 0) is 4.74 Å². The molecule has 1 spiro atoms. The zero-order chi connectivity index (χ0) is 38.1. The van der Waals surface area contributed by atoms with Gasteiger partial charge in [-0.25, -0.2) is 0 Å². The molecule has 0 aromatic rings. The van der Waals surface area contributed by atoms with Crippen molar-refractivity contribution < 1.29 is 4.74 Å². The minimum atomic E-state index is 0.0667. The first kappa shape index (κ1) is 38.5. The average Bonchev–Trinajstić information content (AvgIpc) is 3.58. The van der Waals surface area contributed by atoms with Crippen LogP contribution in [0.4, 0.5) is 0 Å². The van der Waals surface area contributed by atoms with Gasteiger partial charge in [0.1, 0.15) is 0 Å². The number of hydrogen-bond acceptors (Lipinski definition) is 5. The van der Waals surface area contributed by atoms with E-state index in [9.17, 15) is 5.26 Å². The van der Waals surface area contributed by atoms with Crippen LogP contribution in [0.2, 0.25) is 0 Å². The molecule has 5 nitrogen and oxygen atoms in total. The smallest absolute Gasteiger partial charge is 0.0841 e. The van der Waals surface area contributed by atoms with Gasteiger partial charge in [0.15, 0.2) is 0 Å². The van der Waals surface area contributed by atoms with Gasteiger partial charge < -0.3 is 4.74 Å². The Kier molecular flexibility index (Phi) is 10.9. The number of nitrogens with zero attached hydrogens (tertiary/aromatic N) is 2. The van der Waals surface area contributed by atoms with Crippen LogP contribution in [0, 0.1) is 93.7 Å². The first-order valence-electron chi connectivity index (χ1n) is 25.4. The number of hydrogen-bond donors (Lipinski definition) is 2. The van der Waals surface area contributed by atoms with E-state index in [0.29, 0.717) is 53.7 Å². The van der Waals surface area contributed by atoms with E-state index < -0.39 is 0 Å². The molecule has 0 aromatic carbocycles. The van der Waals surface area contributed by atoms with Crippen molar-refractivity contribution in [3.8, 4) is 6.07 Å². The quantitative estimate of drug-likeness (QED) is 0.279. The highest BCUT2D eigenvalue weighted by Crippen LogP contribution is 2.75. The molecule has 2 N–H and O–H groups in total. The summed E-state index contributed by atoms with van der Waals surface area (Å²) < 4.78 is 7.40. The van der Waals surface area contributed by atoms with Crippen LogP contribution in [0.5, 0.6) is 0 Å². The summed E-state index contributed by atoms with van der Waals surface area (Å²) in [5, 5.41) is 19.1. The molecule has 0 aromatic heterocycles. The van der Waals surface area contributed by atoms with E-state index in [1.54, 1.807) is 5.57 Å². The molecule has 0 radical (unpaired) electrons.